The van der Waals surface area contributed by atoms with E-state index in [1.165, 1.54) is 24.9 Å². The predicted molar refractivity (Wildman–Crippen MR) is 120 cm³/mol. The topological polar surface area (TPSA) is 158 Å². The molecule has 1 aliphatic rings. The first-order valence-corrected chi connectivity index (χ1v) is 10.4. The van der Waals surface area contributed by atoms with Crippen LogP contribution in [0.25, 0.3) is 0 Å². The maximum absolute atomic E-state index is 13.2. The van der Waals surface area contributed by atoms with E-state index in [2.05, 4.69) is 35.8 Å². The van der Waals surface area contributed by atoms with E-state index >= 15 is 0 Å². The third kappa shape index (κ3) is 5.41. The van der Waals surface area contributed by atoms with Crippen LogP contribution < -0.4 is 15.5 Å². The van der Waals surface area contributed by atoms with Crippen molar-refractivity contribution in [3.63, 3.8) is 0 Å². The fourth-order valence-corrected chi connectivity index (χ4v) is 3.38. The van der Waals surface area contributed by atoms with Gasteiger partial charge in [-0.3, -0.25) is 10.00 Å². The summed E-state index contributed by atoms with van der Waals surface area (Å²) >= 11 is 0. The quantitative estimate of drug-likeness (QED) is 0.339. The van der Waals surface area contributed by atoms with Crippen LogP contribution in [0.2, 0.25) is 0 Å². The fourth-order valence-electron chi connectivity index (χ4n) is 3.38. The highest BCUT2D eigenvalue weighted by Crippen LogP contribution is 2.45. The molecule has 1 fully saturated rings. The van der Waals surface area contributed by atoms with Crippen molar-refractivity contribution in [1.29, 1.82) is 0 Å². The molecule has 3 heterocycles. The van der Waals surface area contributed by atoms with E-state index in [-0.39, 0.29) is 23.3 Å². The van der Waals surface area contributed by atoms with Gasteiger partial charge in [0.05, 0.1) is 47.0 Å². The van der Waals surface area contributed by atoms with E-state index < -0.39 is 5.97 Å². The van der Waals surface area contributed by atoms with Gasteiger partial charge in [0.1, 0.15) is 6.33 Å². The molecule has 12 heteroatoms. The second kappa shape index (κ2) is 10.0. The van der Waals surface area contributed by atoms with Gasteiger partial charge >= 0.3 is 12.0 Å². The van der Waals surface area contributed by atoms with Crippen molar-refractivity contribution < 1.29 is 19.4 Å². The van der Waals surface area contributed by atoms with Gasteiger partial charge in [-0.15, -0.1) is 0 Å². The Morgan fingerprint density at radius 2 is 2.03 bits per heavy atom. The van der Waals surface area contributed by atoms with Crippen LogP contribution in [-0.4, -0.2) is 62.5 Å². The lowest BCUT2D eigenvalue weighted by Gasteiger charge is -2.26. The van der Waals surface area contributed by atoms with E-state index in [9.17, 15) is 14.7 Å². The summed E-state index contributed by atoms with van der Waals surface area (Å²) in [5, 5.41) is 22.1. The van der Waals surface area contributed by atoms with Crippen molar-refractivity contribution in [2.75, 3.05) is 35.8 Å². The summed E-state index contributed by atoms with van der Waals surface area (Å²) in [4.78, 5) is 39.2. The number of H-pyrrole nitrogens is 1. The Hall–Kier alpha value is -4.06. The first kappa shape index (κ1) is 22.1. The number of methoxy groups -OCH3 is 1. The number of nitrogens with one attached hydrogen (secondary N) is 3. The number of nitrogens with zero attached hydrogens (tertiary/aromatic N) is 5. The molecule has 0 saturated heterocycles. The third-order valence-corrected chi connectivity index (χ3v) is 5.05. The molecule has 1 aliphatic carbocycles. The van der Waals surface area contributed by atoms with Gasteiger partial charge < -0.3 is 20.5 Å². The molecule has 4 rings (SSSR count). The molecule has 0 aliphatic heterocycles. The Balaban J connectivity index is 1.75. The molecule has 172 valence electrons. The van der Waals surface area contributed by atoms with Crippen LogP contribution in [0.5, 0.6) is 0 Å². The zero-order valence-corrected chi connectivity index (χ0v) is 18.0. The van der Waals surface area contributed by atoms with Crippen LogP contribution in [0.4, 0.5) is 27.5 Å². The molecule has 0 aromatic carbocycles. The number of hydrogen-bond acceptors (Lipinski definition) is 8. The molecule has 0 unspecified atom stereocenters. The van der Waals surface area contributed by atoms with Crippen LogP contribution in [0.1, 0.15) is 41.4 Å². The Labute approximate surface area is 189 Å². The predicted octanol–water partition coefficient (Wildman–Crippen LogP) is 2.99. The van der Waals surface area contributed by atoms with Gasteiger partial charge in [0.25, 0.3) is 0 Å². The summed E-state index contributed by atoms with van der Waals surface area (Å²) in [5.74, 6) is -1.07. The highest BCUT2D eigenvalue weighted by Gasteiger charge is 2.33. The highest BCUT2D eigenvalue weighted by molar-refractivity contribution is 6.03. The molecule has 33 heavy (non-hydrogen) atoms. The zero-order chi connectivity index (χ0) is 23.2. The van der Waals surface area contributed by atoms with Crippen molar-refractivity contribution in [2.45, 2.75) is 25.2 Å². The molecule has 0 bridgehead atoms. The number of ether oxygens (including phenoxy) is 1. The summed E-state index contributed by atoms with van der Waals surface area (Å²) in [6, 6.07) is 1.27. The number of hydrogen-bond donors (Lipinski definition) is 4. The minimum absolute atomic E-state index is 0.0962. The van der Waals surface area contributed by atoms with Crippen molar-refractivity contribution in [1.82, 2.24) is 25.1 Å². The van der Waals surface area contributed by atoms with Crippen molar-refractivity contribution in [2.24, 2.45) is 0 Å². The molecule has 4 N–H and O–H groups in total. The summed E-state index contributed by atoms with van der Waals surface area (Å²) in [6.45, 7) is 0.806. The van der Waals surface area contributed by atoms with Crippen molar-refractivity contribution >= 4 is 34.7 Å². The van der Waals surface area contributed by atoms with Gasteiger partial charge in [-0.1, -0.05) is 0 Å². The summed E-state index contributed by atoms with van der Waals surface area (Å²) < 4.78 is 5.16. The van der Waals surface area contributed by atoms with Crippen LogP contribution in [0, 0.1) is 0 Å². The number of carbonyl (C=O) groups is 2. The molecule has 0 atom stereocenters. The van der Waals surface area contributed by atoms with Gasteiger partial charge in [-0.25, -0.2) is 24.5 Å². The summed E-state index contributed by atoms with van der Waals surface area (Å²) in [5.41, 5.74) is 2.25. The minimum Gasteiger partial charge on any atom is -0.476 e. The number of carbonyl (C=O) groups excluding carboxylic acids is 1. The number of urea groups is 1. The number of rotatable bonds is 10. The molecular weight excluding hydrogens is 428 g/mol. The van der Waals surface area contributed by atoms with E-state index in [0.29, 0.717) is 42.3 Å². The standard InChI is InChI=1S/C21H24N8O4/c1-33-6-2-5-29(21(32)27-15-10-24-25-11-15)17-7-16(26-14-8-22-12-23-9-14)19(20(30)31)28-18(17)13-3-4-13/h7-13,26H,2-6H2,1H3,(H,24,25)(H,27,32)(H,30,31). The second-order valence-electron chi connectivity index (χ2n) is 7.54. The van der Waals surface area contributed by atoms with Crippen LogP contribution in [-0.2, 0) is 4.74 Å². The van der Waals surface area contributed by atoms with Gasteiger partial charge in [-0.05, 0) is 25.3 Å². The number of aromatic amines is 1. The summed E-state index contributed by atoms with van der Waals surface area (Å²) in [7, 11) is 1.60. The Bertz CT molecular complexity index is 1100. The van der Waals surface area contributed by atoms with Gasteiger partial charge in [0, 0.05) is 32.4 Å². The zero-order valence-electron chi connectivity index (χ0n) is 18.0. The smallest absolute Gasteiger partial charge is 0.356 e. The molecular formula is C21H24N8O4. The average molecular weight is 452 g/mol. The summed E-state index contributed by atoms with van der Waals surface area (Å²) in [6.07, 6.45) is 9.84. The molecule has 0 spiro atoms. The Morgan fingerprint density at radius 3 is 2.67 bits per heavy atom. The Kier molecular flexibility index (Phi) is 6.74. The lowest BCUT2D eigenvalue weighted by molar-refractivity contribution is 0.0691. The average Bonchev–Trinajstić information content (AvgIpc) is 3.53. The number of carboxylic acids is 1. The lowest BCUT2D eigenvalue weighted by atomic mass is 10.1. The molecule has 3 aromatic rings. The maximum Gasteiger partial charge on any atom is 0.356 e. The number of carboxylic acid groups (broad SMARTS) is 1. The number of amides is 2. The van der Waals surface area contributed by atoms with E-state index in [1.807, 2.05) is 0 Å². The highest BCUT2D eigenvalue weighted by atomic mass is 16.5. The van der Waals surface area contributed by atoms with E-state index in [1.54, 1.807) is 24.3 Å². The third-order valence-electron chi connectivity index (χ3n) is 5.05. The van der Waals surface area contributed by atoms with Gasteiger partial charge in [0.2, 0.25) is 0 Å². The molecule has 3 aromatic heterocycles. The minimum atomic E-state index is -1.17. The first-order chi connectivity index (χ1) is 16.1. The van der Waals surface area contributed by atoms with Crippen LogP contribution in [0.15, 0.2) is 37.2 Å². The molecule has 1 saturated carbocycles. The molecule has 0 radical (unpaired) electrons. The SMILES string of the molecule is COCCCN(C(=O)Nc1cn[nH]c1)c1cc(Nc2cncnc2)c(C(=O)O)nc1C1CC1. The Morgan fingerprint density at radius 1 is 1.24 bits per heavy atom. The lowest BCUT2D eigenvalue weighted by Crippen LogP contribution is -2.37. The maximum atomic E-state index is 13.2. The van der Waals surface area contributed by atoms with Crippen molar-refractivity contribution in [3.8, 4) is 0 Å². The van der Waals surface area contributed by atoms with E-state index in [0.717, 1.165) is 12.8 Å². The van der Waals surface area contributed by atoms with Crippen LogP contribution >= 0.6 is 0 Å². The van der Waals surface area contributed by atoms with E-state index in [4.69, 9.17) is 4.74 Å². The second-order valence-corrected chi connectivity index (χ2v) is 7.54. The number of aromatic carboxylic acids is 1. The van der Waals surface area contributed by atoms with Crippen LogP contribution in [0.3, 0.4) is 0 Å². The largest absolute Gasteiger partial charge is 0.476 e. The molecule has 2 amide bonds. The van der Waals surface area contributed by atoms with Crippen molar-refractivity contribution in [3.05, 3.63) is 48.6 Å². The van der Waals surface area contributed by atoms with Gasteiger partial charge in [0.15, 0.2) is 5.69 Å². The first-order valence-electron chi connectivity index (χ1n) is 10.4. The number of aromatic nitrogens is 5. The fraction of sp³-hybridized carbons (Fsp3) is 0.333. The van der Waals surface area contributed by atoms with Gasteiger partial charge in [-0.2, -0.15) is 5.10 Å². The monoisotopic (exact) mass is 452 g/mol. The number of anilines is 4. The normalized spacial score (nSPS) is 12.9. The number of pyridine rings is 1. The molecule has 12 nitrogen and oxygen atoms in total.